The lowest BCUT2D eigenvalue weighted by atomic mass is 10.2. The molecule has 4 nitrogen and oxygen atoms in total. The minimum atomic E-state index is -0.121. The standard InChI is InChI=1S/C9H7N.C6H4O2.C5H5N/c1-2-6-9-8(4-1)5-3-7-10-9;7-5-1-2-6(8)4-3-5;1-2-4-6-5-3-1/h1-7H;1-4H;1-5H. The van der Waals surface area contributed by atoms with Crippen LogP contribution in [0, 0.1) is 0 Å². The summed E-state index contributed by atoms with van der Waals surface area (Å²) >= 11 is 0. The molecule has 0 radical (unpaired) electrons. The second kappa shape index (κ2) is 9.58. The van der Waals surface area contributed by atoms with E-state index in [2.05, 4.69) is 22.1 Å². The third-order valence-corrected chi connectivity index (χ3v) is 2.90. The number of nitrogens with zero attached hydrogens (tertiary/aromatic N) is 2. The van der Waals surface area contributed by atoms with Crippen molar-refractivity contribution in [1.29, 1.82) is 0 Å². The van der Waals surface area contributed by atoms with E-state index in [0.717, 1.165) is 5.52 Å². The number of hydrogen-bond acceptors (Lipinski definition) is 4. The van der Waals surface area contributed by atoms with Crippen molar-refractivity contribution in [3.63, 3.8) is 0 Å². The summed E-state index contributed by atoms with van der Waals surface area (Å²) in [7, 11) is 0. The molecule has 2 aromatic heterocycles. The molecule has 0 aliphatic heterocycles. The molecule has 3 aromatic rings. The molecule has 4 heteroatoms. The summed E-state index contributed by atoms with van der Waals surface area (Å²) < 4.78 is 0. The Balaban J connectivity index is 0.000000135. The number of fused-ring (bicyclic) bond motifs is 1. The number of ketones is 2. The SMILES string of the molecule is O=C1C=CC(=O)C=C1.c1ccc2ncccc2c1.c1ccncc1. The number of aromatic nitrogens is 2. The van der Waals surface area contributed by atoms with Crippen molar-refractivity contribution in [2.24, 2.45) is 0 Å². The third-order valence-electron chi connectivity index (χ3n) is 2.90. The van der Waals surface area contributed by atoms with Crippen LogP contribution < -0.4 is 0 Å². The Hall–Kier alpha value is -3.40. The molecule has 0 spiro atoms. The fourth-order valence-corrected chi connectivity index (χ4v) is 1.77. The maximum absolute atomic E-state index is 10.3. The van der Waals surface area contributed by atoms with Gasteiger partial charge in [-0.05, 0) is 48.6 Å². The second-order valence-corrected chi connectivity index (χ2v) is 4.69. The lowest BCUT2D eigenvalue weighted by Crippen LogP contribution is -1.97. The van der Waals surface area contributed by atoms with Gasteiger partial charge >= 0.3 is 0 Å². The predicted molar refractivity (Wildman–Crippen MR) is 94.3 cm³/mol. The maximum atomic E-state index is 10.3. The van der Waals surface area contributed by atoms with Crippen LogP contribution in [0.1, 0.15) is 0 Å². The first-order valence-electron chi connectivity index (χ1n) is 7.34. The van der Waals surface area contributed by atoms with Crippen LogP contribution >= 0.6 is 0 Å². The van der Waals surface area contributed by atoms with E-state index in [1.807, 2.05) is 48.7 Å². The minimum absolute atomic E-state index is 0.121. The zero-order valence-corrected chi connectivity index (χ0v) is 12.9. The molecule has 0 amide bonds. The predicted octanol–water partition coefficient (Wildman–Crippen LogP) is 3.57. The summed E-state index contributed by atoms with van der Waals surface area (Å²) in [6, 6.07) is 17.8. The fraction of sp³-hybridized carbons (Fsp3) is 0. The summed E-state index contributed by atoms with van der Waals surface area (Å²) in [6.45, 7) is 0. The van der Waals surface area contributed by atoms with E-state index in [1.165, 1.54) is 29.7 Å². The summed E-state index contributed by atoms with van der Waals surface area (Å²) in [5.41, 5.74) is 1.06. The second-order valence-electron chi connectivity index (χ2n) is 4.69. The Bertz CT molecular complexity index is 725. The van der Waals surface area contributed by atoms with Gasteiger partial charge in [0.15, 0.2) is 11.6 Å². The van der Waals surface area contributed by atoms with Crippen molar-refractivity contribution in [1.82, 2.24) is 9.97 Å². The molecule has 118 valence electrons. The summed E-state index contributed by atoms with van der Waals surface area (Å²) in [5.74, 6) is -0.241. The van der Waals surface area contributed by atoms with Crippen molar-refractivity contribution in [3.8, 4) is 0 Å². The average Bonchev–Trinajstić information content (AvgIpc) is 2.67. The fourth-order valence-electron chi connectivity index (χ4n) is 1.77. The number of hydrogen-bond donors (Lipinski definition) is 0. The number of allylic oxidation sites excluding steroid dienone is 4. The van der Waals surface area contributed by atoms with Gasteiger partial charge in [0.1, 0.15) is 0 Å². The van der Waals surface area contributed by atoms with E-state index in [4.69, 9.17) is 0 Å². The first kappa shape index (κ1) is 17.0. The van der Waals surface area contributed by atoms with Crippen LogP contribution in [0.5, 0.6) is 0 Å². The smallest absolute Gasteiger partial charge is 0.178 e. The highest BCUT2D eigenvalue weighted by atomic mass is 16.1. The molecular weight excluding hydrogens is 300 g/mol. The molecule has 0 unspecified atom stereocenters. The monoisotopic (exact) mass is 316 g/mol. The van der Waals surface area contributed by atoms with E-state index < -0.39 is 0 Å². The first-order chi connectivity index (χ1) is 11.8. The normalized spacial score (nSPS) is 12.0. The first-order valence-corrected chi connectivity index (χ1v) is 7.34. The van der Waals surface area contributed by atoms with E-state index in [9.17, 15) is 9.59 Å². The van der Waals surface area contributed by atoms with E-state index >= 15 is 0 Å². The highest BCUT2D eigenvalue weighted by Crippen LogP contribution is 2.07. The molecule has 24 heavy (non-hydrogen) atoms. The number of pyridine rings is 2. The zero-order valence-electron chi connectivity index (χ0n) is 12.9. The van der Waals surface area contributed by atoms with Gasteiger partial charge in [-0.1, -0.05) is 30.3 Å². The van der Waals surface area contributed by atoms with Crippen molar-refractivity contribution in [2.45, 2.75) is 0 Å². The van der Waals surface area contributed by atoms with Crippen molar-refractivity contribution < 1.29 is 9.59 Å². The Morgan fingerprint density at radius 2 is 1.17 bits per heavy atom. The highest BCUT2D eigenvalue weighted by Gasteiger charge is 1.97. The molecule has 0 atom stereocenters. The van der Waals surface area contributed by atoms with Crippen LogP contribution in [0.15, 0.2) is 97.5 Å². The molecule has 0 fully saturated rings. The summed E-state index contributed by atoms with van der Waals surface area (Å²) in [6.07, 6.45) is 10.3. The Morgan fingerprint density at radius 3 is 1.67 bits per heavy atom. The molecule has 4 rings (SSSR count). The molecule has 0 saturated carbocycles. The van der Waals surface area contributed by atoms with Crippen LogP contribution in [0.2, 0.25) is 0 Å². The van der Waals surface area contributed by atoms with Crippen LogP contribution in [0.3, 0.4) is 0 Å². The lowest BCUT2D eigenvalue weighted by Gasteiger charge is -1.91. The Morgan fingerprint density at radius 1 is 0.583 bits per heavy atom. The number of para-hydroxylation sites is 1. The van der Waals surface area contributed by atoms with Gasteiger partial charge in [0.05, 0.1) is 5.52 Å². The Labute approximate surface area is 140 Å². The molecular formula is C20H16N2O2. The van der Waals surface area contributed by atoms with Crippen molar-refractivity contribution >= 4 is 22.5 Å². The van der Waals surface area contributed by atoms with Gasteiger partial charge in [0, 0.05) is 24.0 Å². The van der Waals surface area contributed by atoms with Crippen LogP contribution in [0.4, 0.5) is 0 Å². The Kier molecular flexibility index (Phi) is 6.77. The van der Waals surface area contributed by atoms with Gasteiger partial charge in [-0.3, -0.25) is 19.6 Å². The molecule has 2 heterocycles. The van der Waals surface area contributed by atoms with Crippen molar-refractivity contribution in [3.05, 3.63) is 97.5 Å². The third kappa shape index (κ3) is 6.15. The average molecular weight is 316 g/mol. The topological polar surface area (TPSA) is 59.9 Å². The molecule has 0 N–H and O–H groups in total. The summed E-state index contributed by atoms with van der Waals surface area (Å²) in [5, 5.41) is 1.20. The van der Waals surface area contributed by atoms with Crippen LogP contribution in [-0.4, -0.2) is 21.5 Å². The van der Waals surface area contributed by atoms with Gasteiger partial charge in [-0.15, -0.1) is 0 Å². The zero-order chi connectivity index (χ0) is 17.0. The lowest BCUT2D eigenvalue weighted by molar-refractivity contribution is -0.113. The highest BCUT2D eigenvalue weighted by molar-refractivity contribution is 6.14. The van der Waals surface area contributed by atoms with Gasteiger partial charge in [0.2, 0.25) is 0 Å². The van der Waals surface area contributed by atoms with Crippen molar-refractivity contribution in [2.75, 3.05) is 0 Å². The number of carbonyl (C=O) groups is 2. The van der Waals surface area contributed by atoms with Crippen LogP contribution in [0.25, 0.3) is 10.9 Å². The molecule has 1 aliphatic rings. The molecule has 0 bridgehead atoms. The van der Waals surface area contributed by atoms with E-state index in [1.54, 1.807) is 12.4 Å². The van der Waals surface area contributed by atoms with Gasteiger partial charge in [0.25, 0.3) is 0 Å². The number of rotatable bonds is 0. The largest absolute Gasteiger partial charge is 0.290 e. The molecule has 0 saturated heterocycles. The van der Waals surface area contributed by atoms with Gasteiger partial charge in [-0.2, -0.15) is 0 Å². The van der Waals surface area contributed by atoms with Crippen LogP contribution in [-0.2, 0) is 9.59 Å². The van der Waals surface area contributed by atoms with Gasteiger partial charge < -0.3 is 0 Å². The summed E-state index contributed by atoms with van der Waals surface area (Å²) in [4.78, 5) is 28.5. The number of benzene rings is 1. The molecule has 1 aromatic carbocycles. The van der Waals surface area contributed by atoms with Gasteiger partial charge in [-0.25, -0.2) is 0 Å². The maximum Gasteiger partial charge on any atom is 0.178 e. The number of carbonyl (C=O) groups excluding carboxylic acids is 2. The van der Waals surface area contributed by atoms with E-state index in [-0.39, 0.29) is 11.6 Å². The molecule has 1 aliphatic carbocycles. The quantitative estimate of drug-likeness (QED) is 0.595. The van der Waals surface area contributed by atoms with E-state index in [0.29, 0.717) is 0 Å². The minimum Gasteiger partial charge on any atom is -0.290 e.